The maximum absolute atomic E-state index is 12.0. The summed E-state index contributed by atoms with van der Waals surface area (Å²) in [5.74, 6) is -0.600. The van der Waals surface area contributed by atoms with Crippen LogP contribution in [0, 0.1) is 0 Å². The van der Waals surface area contributed by atoms with Gasteiger partial charge in [-0.3, -0.25) is 4.79 Å². The van der Waals surface area contributed by atoms with Gasteiger partial charge in [0.25, 0.3) is 0 Å². The molecule has 1 unspecified atom stereocenters. The van der Waals surface area contributed by atoms with Crippen molar-refractivity contribution >= 4 is 33.0 Å². The fourth-order valence-corrected chi connectivity index (χ4v) is 3.43. The molecule has 1 amide bonds. The number of nitrogens with one attached hydrogen (secondary N) is 1. The third-order valence-electron chi connectivity index (χ3n) is 2.39. The number of hydrogen-bond donors (Lipinski definition) is 2. The summed E-state index contributed by atoms with van der Waals surface area (Å²) in [6.07, 6.45) is 0. The maximum Gasteiger partial charge on any atom is 0.244 e. The van der Waals surface area contributed by atoms with Gasteiger partial charge in [-0.1, -0.05) is 11.6 Å². The number of carbonyl (C=O) groups excluding carboxylic acids is 1. The van der Waals surface area contributed by atoms with Crippen LogP contribution in [0.3, 0.4) is 0 Å². The second kappa shape index (κ2) is 3.73. The van der Waals surface area contributed by atoms with E-state index >= 15 is 0 Å². The normalized spacial score (nSPS) is 22.4. The van der Waals surface area contributed by atoms with Crippen molar-refractivity contribution in [3.63, 3.8) is 0 Å². The quantitative estimate of drug-likeness (QED) is 0.765. The molecule has 0 aromatic heterocycles. The van der Waals surface area contributed by atoms with Crippen molar-refractivity contribution in [2.75, 3.05) is 11.9 Å². The predicted molar refractivity (Wildman–Crippen MR) is 60.1 cm³/mol. The number of nitrogens with two attached hydrogens (primary N) is 1. The molecule has 0 spiro atoms. The number of sulfone groups is 1. The zero-order chi connectivity index (χ0) is 11.9. The van der Waals surface area contributed by atoms with Gasteiger partial charge >= 0.3 is 0 Å². The Morgan fingerprint density at radius 3 is 2.75 bits per heavy atom. The van der Waals surface area contributed by atoms with Gasteiger partial charge in [-0.25, -0.2) is 8.42 Å². The highest BCUT2D eigenvalue weighted by Crippen LogP contribution is 2.32. The maximum atomic E-state index is 12.0. The first-order valence-electron chi connectivity index (χ1n) is 4.51. The molecule has 5 nitrogen and oxygen atoms in total. The molecule has 1 aromatic carbocycles. The van der Waals surface area contributed by atoms with Crippen LogP contribution < -0.4 is 11.1 Å². The van der Waals surface area contributed by atoms with Crippen molar-refractivity contribution in [1.29, 1.82) is 0 Å². The predicted octanol–water partition coefficient (Wildman–Crippen LogP) is 0.393. The first-order chi connectivity index (χ1) is 7.46. The summed E-state index contributed by atoms with van der Waals surface area (Å²) >= 11 is 5.72. The molecule has 3 N–H and O–H groups in total. The SMILES string of the molecule is NCC1C(=O)Nc2ccc(Cl)cc2S1(=O)=O. The molecule has 0 bridgehead atoms. The van der Waals surface area contributed by atoms with Crippen molar-refractivity contribution in [3.05, 3.63) is 23.2 Å². The number of benzene rings is 1. The zero-order valence-electron chi connectivity index (χ0n) is 8.10. The average molecular weight is 261 g/mol. The van der Waals surface area contributed by atoms with Crippen LogP contribution in [0.4, 0.5) is 5.69 Å². The topological polar surface area (TPSA) is 89.3 Å². The van der Waals surface area contributed by atoms with Crippen molar-refractivity contribution in [2.45, 2.75) is 10.1 Å². The van der Waals surface area contributed by atoms with Gasteiger partial charge in [0.2, 0.25) is 5.91 Å². The third kappa shape index (κ3) is 1.59. The third-order valence-corrected chi connectivity index (χ3v) is 4.73. The first kappa shape index (κ1) is 11.4. The van der Waals surface area contributed by atoms with Crippen molar-refractivity contribution < 1.29 is 13.2 Å². The van der Waals surface area contributed by atoms with Crippen LogP contribution in [0.5, 0.6) is 0 Å². The number of anilines is 1. The summed E-state index contributed by atoms with van der Waals surface area (Å²) in [5, 5.41) is 1.55. The number of amides is 1. The van der Waals surface area contributed by atoms with E-state index in [1.807, 2.05) is 0 Å². The molecule has 0 aliphatic carbocycles. The Bertz CT molecular complexity index is 556. The number of carbonyl (C=O) groups is 1. The Balaban J connectivity index is 2.68. The van der Waals surface area contributed by atoms with Gasteiger partial charge in [0.05, 0.1) is 10.6 Å². The molecule has 1 heterocycles. The molecule has 1 aliphatic rings. The van der Waals surface area contributed by atoms with E-state index in [0.29, 0.717) is 5.02 Å². The van der Waals surface area contributed by atoms with Gasteiger partial charge in [-0.2, -0.15) is 0 Å². The van der Waals surface area contributed by atoms with Gasteiger partial charge in [-0.15, -0.1) is 0 Å². The van der Waals surface area contributed by atoms with E-state index in [4.69, 9.17) is 17.3 Å². The second-order valence-electron chi connectivity index (χ2n) is 3.40. The van der Waals surface area contributed by atoms with Gasteiger partial charge in [0.15, 0.2) is 15.1 Å². The van der Waals surface area contributed by atoms with Crippen LogP contribution in [0.25, 0.3) is 0 Å². The Morgan fingerprint density at radius 2 is 2.12 bits per heavy atom. The molecule has 0 saturated carbocycles. The van der Waals surface area contributed by atoms with Crippen LogP contribution >= 0.6 is 11.6 Å². The van der Waals surface area contributed by atoms with E-state index in [0.717, 1.165) is 0 Å². The molecule has 2 rings (SSSR count). The smallest absolute Gasteiger partial charge is 0.244 e. The average Bonchev–Trinajstić information content (AvgIpc) is 2.19. The van der Waals surface area contributed by atoms with Crippen LogP contribution in [0.2, 0.25) is 5.02 Å². The second-order valence-corrected chi connectivity index (χ2v) is 5.93. The lowest BCUT2D eigenvalue weighted by Gasteiger charge is -2.23. The van der Waals surface area contributed by atoms with Crippen molar-refractivity contribution in [1.82, 2.24) is 0 Å². The van der Waals surface area contributed by atoms with Gasteiger partial charge in [0.1, 0.15) is 0 Å². The van der Waals surface area contributed by atoms with Gasteiger partial charge < -0.3 is 11.1 Å². The highest BCUT2D eigenvalue weighted by Gasteiger charge is 2.39. The number of halogens is 1. The van der Waals surface area contributed by atoms with Crippen molar-refractivity contribution in [2.24, 2.45) is 5.73 Å². The fraction of sp³-hybridized carbons (Fsp3) is 0.222. The van der Waals surface area contributed by atoms with Gasteiger partial charge in [0, 0.05) is 11.6 Å². The molecule has 1 aromatic rings. The molecule has 0 saturated heterocycles. The van der Waals surface area contributed by atoms with E-state index in [2.05, 4.69) is 5.32 Å². The largest absolute Gasteiger partial charge is 0.329 e. The van der Waals surface area contributed by atoms with E-state index in [-0.39, 0.29) is 17.1 Å². The summed E-state index contributed by atoms with van der Waals surface area (Å²) in [7, 11) is -3.73. The van der Waals surface area contributed by atoms with E-state index in [9.17, 15) is 13.2 Å². The lowest BCUT2D eigenvalue weighted by molar-refractivity contribution is -0.115. The Morgan fingerprint density at radius 1 is 1.44 bits per heavy atom. The number of hydrogen-bond acceptors (Lipinski definition) is 4. The first-order valence-corrected chi connectivity index (χ1v) is 6.43. The van der Waals surface area contributed by atoms with Crippen LogP contribution in [-0.2, 0) is 14.6 Å². The van der Waals surface area contributed by atoms with Crippen LogP contribution in [-0.4, -0.2) is 26.1 Å². The molecule has 16 heavy (non-hydrogen) atoms. The molecule has 7 heteroatoms. The summed E-state index contributed by atoms with van der Waals surface area (Å²) in [5.41, 5.74) is 5.54. The monoisotopic (exact) mass is 260 g/mol. The van der Waals surface area contributed by atoms with Crippen LogP contribution in [0.15, 0.2) is 23.1 Å². The minimum atomic E-state index is -3.73. The highest BCUT2D eigenvalue weighted by molar-refractivity contribution is 7.93. The zero-order valence-corrected chi connectivity index (χ0v) is 9.68. The molecular weight excluding hydrogens is 252 g/mol. The Kier molecular flexibility index (Phi) is 2.65. The molecule has 0 fully saturated rings. The number of rotatable bonds is 1. The summed E-state index contributed by atoms with van der Waals surface area (Å²) in [4.78, 5) is 11.5. The van der Waals surface area contributed by atoms with E-state index < -0.39 is 21.0 Å². The molecular formula is C9H9ClN2O3S. The summed E-state index contributed by atoms with van der Waals surface area (Å²) < 4.78 is 24.0. The molecule has 86 valence electrons. The number of fused-ring (bicyclic) bond motifs is 1. The lowest BCUT2D eigenvalue weighted by Crippen LogP contribution is -2.44. The van der Waals surface area contributed by atoms with Gasteiger partial charge in [-0.05, 0) is 18.2 Å². The Labute approximate surface area is 97.5 Å². The lowest BCUT2D eigenvalue weighted by atomic mass is 10.3. The molecule has 1 aliphatic heterocycles. The summed E-state index contributed by atoms with van der Waals surface area (Å²) in [6.45, 7) is -0.250. The summed E-state index contributed by atoms with van der Waals surface area (Å²) in [6, 6.07) is 4.28. The van der Waals surface area contributed by atoms with Crippen molar-refractivity contribution in [3.8, 4) is 0 Å². The minimum Gasteiger partial charge on any atom is -0.329 e. The standard InChI is InChI=1S/C9H9ClN2O3S/c10-5-1-2-6-7(3-5)16(14,15)8(4-11)9(13)12-6/h1-3,8H,4,11H2,(H,12,13). The molecule has 1 atom stereocenters. The van der Waals surface area contributed by atoms with E-state index in [1.165, 1.54) is 18.2 Å². The fourth-order valence-electron chi connectivity index (χ4n) is 1.58. The van der Waals surface area contributed by atoms with Crippen LogP contribution in [0.1, 0.15) is 0 Å². The molecule has 0 radical (unpaired) electrons. The Hall–Kier alpha value is -1.11. The van der Waals surface area contributed by atoms with E-state index in [1.54, 1.807) is 0 Å². The minimum absolute atomic E-state index is 0.0232. The highest BCUT2D eigenvalue weighted by atomic mass is 35.5.